The summed E-state index contributed by atoms with van der Waals surface area (Å²) in [5.74, 6) is 0. The minimum atomic E-state index is 0. The van der Waals surface area contributed by atoms with Gasteiger partial charge in [0.2, 0.25) is 0 Å². The van der Waals surface area contributed by atoms with E-state index in [-0.39, 0.29) is 147 Å². The van der Waals surface area contributed by atoms with Gasteiger partial charge in [0, 0.05) is 60.0 Å². The van der Waals surface area contributed by atoms with Crippen molar-refractivity contribution in [1.29, 1.82) is 0 Å². The maximum Gasteiger partial charge on any atom is 0 e. The molecule has 0 N–H and O–H groups in total. The molecule has 6 heteroatoms. The molecule has 0 saturated heterocycles. The van der Waals surface area contributed by atoms with Crippen molar-refractivity contribution in [3.8, 4) is 0 Å². The first kappa shape index (κ1) is 30.3. The van der Waals surface area contributed by atoms with E-state index in [2.05, 4.69) is 15.9 Å². The minimum Gasteiger partial charge on any atom is 0 e. The SMILES string of the molecule is [BaH2].[CaH2].[O]=[Cu].[Tl].[Y]. The average molecular weight is 554 g/mol. The first-order valence-electron chi connectivity index (χ1n) is 0.123. The Hall–Kier alpha value is 5.18. The number of hydrogen-bond acceptors (Lipinski definition) is 1. The van der Waals surface area contributed by atoms with E-state index in [9.17, 15) is 0 Å². The van der Waals surface area contributed by atoms with Gasteiger partial charge in [-0.3, -0.25) is 0 Å². The first-order valence-corrected chi connectivity index (χ1v) is 0.508. The van der Waals surface area contributed by atoms with E-state index in [4.69, 9.17) is 3.83 Å². The van der Waals surface area contributed by atoms with Crippen molar-refractivity contribution in [1.82, 2.24) is 0 Å². The van der Waals surface area contributed by atoms with Gasteiger partial charge in [0.15, 0.2) is 0 Å². The van der Waals surface area contributed by atoms with Crippen molar-refractivity contribution in [2.75, 3.05) is 0 Å². The number of rotatable bonds is 0. The molecule has 0 aromatic rings. The zero-order valence-corrected chi connectivity index (χ0v) is 10.1. The van der Waals surface area contributed by atoms with Crippen molar-refractivity contribution in [2.45, 2.75) is 0 Å². The largest absolute Gasteiger partial charge is 0 e. The summed E-state index contributed by atoms with van der Waals surface area (Å²) in [6.07, 6.45) is 0. The van der Waals surface area contributed by atoms with Crippen LogP contribution in [0, 0.1) is 0 Å². The van der Waals surface area contributed by atoms with Crippen LogP contribution in [-0.2, 0) is 52.5 Å². The zero-order chi connectivity index (χ0) is 2.00. The van der Waals surface area contributed by atoms with Gasteiger partial charge in [0.25, 0.3) is 0 Å². The second kappa shape index (κ2) is 32.0. The van der Waals surface area contributed by atoms with Crippen LogP contribution in [0.4, 0.5) is 0 Å². The molecule has 0 fully saturated rings. The molecule has 0 atom stereocenters. The smallest absolute Gasteiger partial charge is 0 e. The zero-order valence-electron chi connectivity index (χ0n) is 1.86. The molecule has 6 heavy (non-hydrogen) atoms. The Morgan fingerprint density at radius 3 is 1.17 bits per heavy atom. The Morgan fingerprint density at radius 1 is 1.17 bits per heavy atom. The standard InChI is InChI=1S/Ba.Ca.Cu.O.Tl.Y.4H. The van der Waals surface area contributed by atoms with Crippen LogP contribution in [-0.4, -0.2) is 114 Å². The van der Waals surface area contributed by atoms with E-state index in [1.807, 2.05) is 0 Å². The van der Waals surface area contributed by atoms with E-state index in [0.717, 1.165) is 0 Å². The van der Waals surface area contributed by atoms with Gasteiger partial charge in [-0.25, -0.2) is 0 Å². The van der Waals surface area contributed by atoms with Crippen molar-refractivity contribution in [3.05, 3.63) is 0 Å². The van der Waals surface area contributed by atoms with Gasteiger partial charge in [0.1, 0.15) is 0 Å². The average Bonchev–Trinajstić information content (AvgIpc) is 1.00. The van der Waals surface area contributed by atoms with Crippen LogP contribution in [0.3, 0.4) is 0 Å². The summed E-state index contributed by atoms with van der Waals surface area (Å²) in [6.45, 7) is 0. The second-order valence-electron chi connectivity index (χ2n) is 0. The number of hydrogen-bond donors (Lipinski definition) is 0. The molecule has 2 radical (unpaired) electrons. The molecule has 0 amide bonds. The maximum absolute atomic E-state index is 7.81. The van der Waals surface area contributed by atoms with Crippen molar-refractivity contribution < 1.29 is 52.5 Å². The third-order valence-electron chi connectivity index (χ3n) is 0. The molecule has 0 saturated carbocycles. The van der Waals surface area contributed by atoms with Crippen molar-refractivity contribution >= 4 is 114 Å². The molecule has 0 aliphatic rings. The van der Waals surface area contributed by atoms with E-state index < -0.39 is 0 Å². The van der Waals surface area contributed by atoms with Crippen LogP contribution in [0.5, 0.6) is 0 Å². The van der Waals surface area contributed by atoms with Gasteiger partial charge < -0.3 is 0 Å². The summed E-state index contributed by atoms with van der Waals surface area (Å²) >= 11 is 2.94. The summed E-state index contributed by atoms with van der Waals surface area (Å²) in [6, 6.07) is 0. The van der Waals surface area contributed by atoms with Crippen molar-refractivity contribution in [3.63, 3.8) is 0 Å². The first-order chi connectivity index (χ1) is 1.00. The molecular formula is H4BaCaCuOTlY. The van der Waals surface area contributed by atoms with Crippen LogP contribution in [0.15, 0.2) is 0 Å². The molecule has 0 rings (SSSR count). The fourth-order valence-electron chi connectivity index (χ4n) is 0. The molecule has 0 spiro atoms. The Labute approximate surface area is 161 Å². The second-order valence-corrected chi connectivity index (χ2v) is 0. The van der Waals surface area contributed by atoms with E-state index in [1.54, 1.807) is 0 Å². The fourth-order valence-corrected chi connectivity index (χ4v) is 0. The molecule has 31 valence electrons. The molecule has 0 aliphatic heterocycles. The van der Waals surface area contributed by atoms with E-state index in [0.29, 0.717) is 0 Å². The molecule has 0 aromatic carbocycles. The minimum absolute atomic E-state index is 0. The van der Waals surface area contributed by atoms with Gasteiger partial charge in [-0.05, 0) is 0 Å². The summed E-state index contributed by atoms with van der Waals surface area (Å²) in [7, 11) is 0. The topological polar surface area (TPSA) is 17.1 Å². The third-order valence-corrected chi connectivity index (χ3v) is 0. The van der Waals surface area contributed by atoms with Crippen LogP contribution in [0.2, 0.25) is 0 Å². The quantitative estimate of drug-likeness (QED) is 0.308. The Bertz CT molecular complexity index is 15.5. The molecule has 0 aliphatic carbocycles. The summed E-state index contributed by atoms with van der Waals surface area (Å²) in [4.78, 5) is 0. The Balaban J connectivity index is -0.000000000833. The van der Waals surface area contributed by atoms with Crippen LogP contribution >= 0.6 is 0 Å². The molecule has 0 bridgehead atoms. The van der Waals surface area contributed by atoms with Crippen LogP contribution < -0.4 is 0 Å². The Kier molecular flexibility index (Phi) is 162. The van der Waals surface area contributed by atoms with Gasteiger partial charge in [-0.1, -0.05) is 0 Å². The normalized spacial score (nSPS) is 1.00. The third kappa shape index (κ3) is 22.9. The van der Waals surface area contributed by atoms with Gasteiger partial charge in [-0.2, -0.15) is 0 Å². The fraction of sp³-hybridized carbons (Fsp3) is 0. The maximum atomic E-state index is 7.81. The summed E-state index contributed by atoms with van der Waals surface area (Å²) in [5.41, 5.74) is 0. The van der Waals surface area contributed by atoms with Gasteiger partial charge in [-0.15, -0.1) is 0 Å². The van der Waals surface area contributed by atoms with Crippen LogP contribution in [0.25, 0.3) is 0 Å². The molecule has 0 unspecified atom stereocenters. The Morgan fingerprint density at radius 2 is 1.17 bits per heavy atom. The predicted octanol–water partition coefficient (Wildman–Crippen LogP) is -2.34. The molecular weight excluding hydrogens is 550 g/mol. The van der Waals surface area contributed by atoms with Crippen molar-refractivity contribution in [2.24, 2.45) is 0 Å². The van der Waals surface area contributed by atoms with Crippen LogP contribution in [0.1, 0.15) is 0 Å². The van der Waals surface area contributed by atoms with Gasteiger partial charge in [0.05, 0.1) is 0 Å². The molecule has 0 heterocycles. The molecule has 1 nitrogen and oxygen atoms in total. The summed E-state index contributed by atoms with van der Waals surface area (Å²) in [5, 5.41) is 0. The van der Waals surface area contributed by atoms with Gasteiger partial charge >= 0.3 is 106 Å². The monoisotopic (exact) mass is 555 g/mol. The summed E-state index contributed by atoms with van der Waals surface area (Å²) < 4.78 is 7.81. The van der Waals surface area contributed by atoms with E-state index in [1.165, 1.54) is 0 Å². The molecule has 0 aromatic heterocycles. The predicted molar refractivity (Wildman–Crippen MR) is 23.5 cm³/mol. The van der Waals surface area contributed by atoms with E-state index >= 15 is 0 Å².